The lowest BCUT2D eigenvalue weighted by atomic mass is 10.2. The highest BCUT2D eigenvalue weighted by Crippen LogP contribution is 2.33. The van der Waals surface area contributed by atoms with Crippen molar-refractivity contribution in [1.29, 1.82) is 0 Å². The van der Waals surface area contributed by atoms with Crippen LogP contribution in [0, 0.1) is 0 Å². The van der Waals surface area contributed by atoms with Gasteiger partial charge in [-0.25, -0.2) is 0 Å². The second-order valence-corrected chi connectivity index (χ2v) is 5.57. The van der Waals surface area contributed by atoms with Gasteiger partial charge in [0.15, 0.2) is 0 Å². The van der Waals surface area contributed by atoms with E-state index in [1.165, 1.54) is 12.0 Å². The smallest absolute Gasteiger partial charge is 0.250 e. The SMILES string of the molecule is CCCCN1C(=O)C(C)=C(C)[C@H]1SCCC. The van der Waals surface area contributed by atoms with Crippen molar-refractivity contribution in [3.63, 3.8) is 0 Å². The molecular weight excluding hydrogens is 218 g/mol. The molecule has 1 amide bonds. The maximum Gasteiger partial charge on any atom is 0.250 e. The van der Waals surface area contributed by atoms with Crippen molar-refractivity contribution >= 4 is 17.7 Å². The third-order valence-electron chi connectivity index (χ3n) is 3.06. The molecule has 0 aromatic carbocycles. The van der Waals surface area contributed by atoms with Gasteiger partial charge in [0.05, 0.1) is 5.37 Å². The summed E-state index contributed by atoms with van der Waals surface area (Å²) in [5.41, 5.74) is 2.23. The molecule has 1 rings (SSSR count). The first-order chi connectivity index (χ1) is 7.63. The molecule has 0 aromatic heterocycles. The molecule has 1 aliphatic rings. The van der Waals surface area contributed by atoms with Crippen molar-refractivity contribution in [2.45, 2.75) is 52.3 Å². The van der Waals surface area contributed by atoms with E-state index in [0.29, 0.717) is 5.37 Å². The van der Waals surface area contributed by atoms with Gasteiger partial charge in [0.25, 0.3) is 5.91 Å². The van der Waals surface area contributed by atoms with Gasteiger partial charge in [-0.15, -0.1) is 11.8 Å². The summed E-state index contributed by atoms with van der Waals surface area (Å²) >= 11 is 1.91. The first-order valence-electron chi connectivity index (χ1n) is 6.23. The molecule has 0 fully saturated rings. The van der Waals surface area contributed by atoms with E-state index in [1.54, 1.807) is 0 Å². The summed E-state index contributed by atoms with van der Waals surface area (Å²) in [6.45, 7) is 9.33. The highest BCUT2D eigenvalue weighted by molar-refractivity contribution is 8.00. The second kappa shape index (κ2) is 6.33. The van der Waals surface area contributed by atoms with E-state index < -0.39 is 0 Å². The number of rotatable bonds is 6. The van der Waals surface area contributed by atoms with Crippen molar-refractivity contribution in [2.24, 2.45) is 0 Å². The Balaban J connectivity index is 2.70. The Morgan fingerprint density at radius 1 is 1.25 bits per heavy atom. The van der Waals surface area contributed by atoms with Gasteiger partial charge in [-0.05, 0) is 38.0 Å². The standard InChI is InChI=1S/C13H23NOS/c1-5-7-8-14-12(15)10(3)11(4)13(14)16-9-6-2/h13H,5-9H2,1-4H3/t13-/m1/s1. The van der Waals surface area contributed by atoms with Crippen LogP contribution in [0.3, 0.4) is 0 Å². The second-order valence-electron chi connectivity index (χ2n) is 4.38. The van der Waals surface area contributed by atoms with Crippen LogP contribution in [0.2, 0.25) is 0 Å². The molecule has 1 heterocycles. The molecule has 0 unspecified atom stereocenters. The Morgan fingerprint density at radius 3 is 2.50 bits per heavy atom. The van der Waals surface area contributed by atoms with Crippen LogP contribution in [-0.2, 0) is 4.79 Å². The minimum absolute atomic E-state index is 0.250. The van der Waals surface area contributed by atoms with Gasteiger partial charge in [0.2, 0.25) is 0 Å². The van der Waals surface area contributed by atoms with Gasteiger partial charge >= 0.3 is 0 Å². The molecule has 3 heteroatoms. The van der Waals surface area contributed by atoms with Gasteiger partial charge in [-0.3, -0.25) is 4.79 Å². The molecule has 0 spiro atoms. The van der Waals surface area contributed by atoms with Crippen molar-refractivity contribution < 1.29 is 4.79 Å². The summed E-state index contributed by atoms with van der Waals surface area (Å²) in [4.78, 5) is 14.1. The predicted octanol–water partition coefficient (Wildman–Crippen LogP) is 3.43. The zero-order valence-electron chi connectivity index (χ0n) is 10.9. The van der Waals surface area contributed by atoms with Crippen LogP contribution in [0.25, 0.3) is 0 Å². The summed E-state index contributed by atoms with van der Waals surface area (Å²) in [7, 11) is 0. The molecule has 2 nitrogen and oxygen atoms in total. The first-order valence-corrected chi connectivity index (χ1v) is 7.28. The minimum atomic E-state index is 0.250. The van der Waals surface area contributed by atoms with Gasteiger partial charge in [-0.1, -0.05) is 20.3 Å². The van der Waals surface area contributed by atoms with Gasteiger partial charge in [0.1, 0.15) is 0 Å². The number of nitrogens with zero attached hydrogens (tertiary/aromatic N) is 1. The Labute approximate surface area is 103 Å². The summed E-state index contributed by atoms with van der Waals surface area (Å²) in [6.07, 6.45) is 3.42. The lowest BCUT2D eigenvalue weighted by molar-refractivity contribution is -0.125. The third kappa shape index (κ3) is 2.82. The molecule has 0 aromatic rings. The maximum absolute atomic E-state index is 12.0. The Bertz CT molecular complexity index is 286. The van der Waals surface area contributed by atoms with E-state index in [2.05, 4.69) is 25.7 Å². The van der Waals surface area contributed by atoms with Gasteiger partial charge in [-0.2, -0.15) is 0 Å². The monoisotopic (exact) mass is 241 g/mol. The number of hydrogen-bond donors (Lipinski definition) is 0. The number of unbranched alkanes of at least 4 members (excludes halogenated alkanes) is 1. The molecule has 0 bridgehead atoms. The average molecular weight is 241 g/mol. The molecular formula is C13H23NOS. The minimum Gasteiger partial charge on any atom is -0.323 e. The van der Waals surface area contributed by atoms with E-state index in [9.17, 15) is 4.79 Å². The summed E-state index contributed by atoms with van der Waals surface area (Å²) in [5.74, 6) is 1.38. The number of amides is 1. The van der Waals surface area contributed by atoms with E-state index in [1.807, 2.05) is 18.7 Å². The Kier molecular flexibility index (Phi) is 5.39. The maximum atomic E-state index is 12.0. The van der Waals surface area contributed by atoms with Crippen LogP contribution in [0.15, 0.2) is 11.1 Å². The van der Waals surface area contributed by atoms with E-state index in [0.717, 1.165) is 30.7 Å². The molecule has 0 saturated carbocycles. The van der Waals surface area contributed by atoms with Crippen LogP contribution in [0.4, 0.5) is 0 Å². The lowest BCUT2D eigenvalue weighted by Crippen LogP contribution is -2.34. The van der Waals surface area contributed by atoms with Crippen LogP contribution >= 0.6 is 11.8 Å². The lowest BCUT2D eigenvalue weighted by Gasteiger charge is -2.25. The predicted molar refractivity (Wildman–Crippen MR) is 71.5 cm³/mol. The van der Waals surface area contributed by atoms with Crippen molar-refractivity contribution in [3.05, 3.63) is 11.1 Å². The van der Waals surface area contributed by atoms with E-state index in [-0.39, 0.29) is 5.91 Å². The first kappa shape index (κ1) is 13.6. The summed E-state index contributed by atoms with van der Waals surface area (Å²) in [5, 5.41) is 0.305. The zero-order chi connectivity index (χ0) is 12.1. The highest BCUT2D eigenvalue weighted by atomic mass is 32.2. The third-order valence-corrected chi connectivity index (χ3v) is 4.63. The molecule has 1 aliphatic heterocycles. The topological polar surface area (TPSA) is 20.3 Å². The zero-order valence-corrected chi connectivity index (χ0v) is 11.7. The van der Waals surface area contributed by atoms with Gasteiger partial charge in [0, 0.05) is 12.1 Å². The largest absolute Gasteiger partial charge is 0.323 e. The average Bonchev–Trinajstić information content (AvgIpc) is 2.49. The molecule has 0 aliphatic carbocycles. The number of hydrogen-bond acceptors (Lipinski definition) is 2. The molecule has 0 N–H and O–H groups in total. The van der Waals surface area contributed by atoms with Crippen molar-refractivity contribution in [3.8, 4) is 0 Å². The molecule has 1 atom stereocenters. The number of carbonyl (C=O) groups is 1. The Hall–Kier alpha value is -0.440. The fourth-order valence-electron chi connectivity index (χ4n) is 1.90. The fourth-order valence-corrected chi connectivity index (χ4v) is 3.17. The number of thioether (sulfide) groups is 1. The molecule has 92 valence electrons. The quantitative estimate of drug-likeness (QED) is 0.710. The molecule has 0 radical (unpaired) electrons. The van der Waals surface area contributed by atoms with Crippen LogP contribution in [0.1, 0.15) is 47.0 Å². The van der Waals surface area contributed by atoms with Gasteiger partial charge < -0.3 is 4.90 Å². The number of carbonyl (C=O) groups excluding carboxylic acids is 1. The fraction of sp³-hybridized carbons (Fsp3) is 0.769. The van der Waals surface area contributed by atoms with Crippen molar-refractivity contribution in [2.75, 3.05) is 12.3 Å². The highest BCUT2D eigenvalue weighted by Gasteiger charge is 2.33. The van der Waals surface area contributed by atoms with Crippen molar-refractivity contribution in [1.82, 2.24) is 4.90 Å². The molecule has 0 saturated heterocycles. The van der Waals surface area contributed by atoms with E-state index in [4.69, 9.17) is 0 Å². The Morgan fingerprint density at radius 2 is 1.94 bits per heavy atom. The van der Waals surface area contributed by atoms with E-state index >= 15 is 0 Å². The van der Waals surface area contributed by atoms with Crippen LogP contribution in [0.5, 0.6) is 0 Å². The summed E-state index contributed by atoms with van der Waals surface area (Å²) in [6, 6.07) is 0. The van der Waals surface area contributed by atoms with Crippen LogP contribution in [-0.4, -0.2) is 28.5 Å². The molecule has 16 heavy (non-hydrogen) atoms. The van der Waals surface area contributed by atoms with Crippen LogP contribution < -0.4 is 0 Å². The normalized spacial score (nSPS) is 21.1. The summed E-state index contributed by atoms with van der Waals surface area (Å²) < 4.78 is 0.